The molecule has 0 aromatic heterocycles. The van der Waals surface area contributed by atoms with E-state index in [0.29, 0.717) is 5.41 Å². The van der Waals surface area contributed by atoms with E-state index in [1.807, 2.05) is 0 Å². The van der Waals surface area contributed by atoms with Gasteiger partial charge in [-0.2, -0.15) is 0 Å². The third-order valence-electron chi connectivity index (χ3n) is 3.87. The van der Waals surface area contributed by atoms with Crippen LogP contribution in [0.15, 0.2) is 36.5 Å². The second kappa shape index (κ2) is 2.60. The van der Waals surface area contributed by atoms with Crippen LogP contribution in [-0.2, 0) is 0 Å². The Morgan fingerprint density at radius 2 is 2.00 bits per heavy atom. The Kier molecular flexibility index (Phi) is 1.52. The number of hydrogen-bond acceptors (Lipinski definition) is 0. The summed E-state index contributed by atoms with van der Waals surface area (Å²) in [5.41, 5.74) is 0.592. The monoisotopic (exact) mass is 172 g/mol. The molecule has 1 saturated carbocycles. The minimum atomic E-state index is 0.592. The summed E-state index contributed by atoms with van der Waals surface area (Å²) < 4.78 is 0. The summed E-state index contributed by atoms with van der Waals surface area (Å²) in [6, 6.07) is 0. The van der Waals surface area contributed by atoms with Gasteiger partial charge in [0.05, 0.1) is 0 Å². The van der Waals surface area contributed by atoms with Crippen molar-refractivity contribution in [3.05, 3.63) is 36.5 Å². The molecule has 68 valence electrons. The zero-order valence-corrected chi connectivity index (χ0v) is 7.95. The molecule has 0 aromatic carbocycles. The van der Waals surface area contributed by atoms with Gasteiger partial charge in [0.1, 0.15) is 0 Å². The zero-order valence-electron chi connectivity index (χ0n) is 7.95. The zero-order chi connectivity index (χ0) is 8.73. The lowest BCUT2D eigenvalue weighted by molar-refractivity contribution is 0.346. The lowest BCUT2D eigenvalue weighted by Crippen LogP contribution is -2.14. The van der Waals surface area contributed by atoms with Gasteiger partial charge < -0.3 is 0 Å². The van der Waals surface area contributed by atoms with Crippen molar-refractivity contribution in [2.24, 2.45) is 17.3 Å². The first-order valence-corrected chi connectivity index (χ1v) is 5.41. The Morgan fingerprint density at radius 1 is 1.15 bits per heavy atom. The molecule has 2 atom stereocenters. The molecule has 0 spiro atoms. The molecule has 0 saturated heterocycles. The quantitative estimate of drug-likeness (QED) is 0.559. The van der Waals surface area contributed by atoms with Crippen molar-refractivity contribution in [1.82, 2.24) is 0 Å². The van der Waals surface area contributed by atoms with Crippen LogP contribution in [0.25, 0.3) is 0 Å². The van der Waals surface area contributed by atoms with Gasteiger partial charge in [-0.1, -0.05) is 36.5 Å². The Balaban J connectivity index is 1.75. The fraction of sp³-hybridized carbons (Fsp3) is 0.538. The van der Waals surface area contributed by atoms with Crippen molar-refractivity contribution in [3.8, 4) is 0 Å². The van der Waals surface area contributed by atoms with Crippen LogP contribution in [0.1, 0.15) is 25.7 Å². The first-order chi connectivity index (χ1) is 6.36. The number of rotatable bonds is 2. The van der Waals surface area contributed by atoms with Gasteiger partial charge in [0.2, 0.25) is 0 Å². The highest BCUT2D eigenvalue weighted by Gasteiger charge is 2.41. The number of allylic oxidation sites excluding steroid dienone is 6. The lowest BCUT2D eigenvalue weighted by Gasteiger charge is -2.25. The summed E-state index contributed by atoms with van der Waals surface area (Å²) in [6.07, 6.45) is 19.7. The maximum Gasteiger partial charge on any atom is -0.00390 e. The molecular weight excluding hydrogens is 156 g/mol. The molecule has 0 aliphatic heterocycles. The molecule has 0 aromatic rings. The van der Waals surface area contributed by atoms with Gasteiger partial charge in [-0.15, -0.1) is 0 Å². The molecule has 0 heterocycles. The van der Waals surface area contributed by atoms with Crippen molar-refractivity contribution in [3.63, 3.8) is 0 Å². The molecule has 2 unspecified atom stereocenters. The summed E-state index contributed by atoms with van der Waals surface area (Å²) in [6.45, 7) is 0. The van der Waals surface area contributed by atoms with Gasteiger partial charge in [-0.3, -0.25) is 0 Å². The summed E-state index contributed by atoms with van der Waals surface area (Å²) in [4.78, 5) is 0. The minimum absolute atomic E-state index is 0.592. The topological polar surface area (TPSA) is 0 Å². The summed E-state index contributed by atoms with van der Waals surface area (Å²) >= 11 is 0. The van der Waals surface area contributed by atoms with Crippen molar-refractivity contribution >= 4 is 0 Å². The molecule has 13 heavy (non-hydrogen) atoms. The standard InChI is InChI=1S/C13H16/c1-2-4-11(3-1)9-13-7-5-12(10-13)6-8-13/h1-5,7,11-12H,6,8-10H2. The first kappa shape index (κ1) is 7.61. The van der Waals surface area contributed by atoms with Crippen LogP contribution in [0.2, 0.25) is 0 Å². The lowest BCUT2D eigenvalue weighted by atomic mass is 9.79. The Labute approximate surface area is 80.0 Å². The van der Waals surface area contributed by atoms with Crippen LogP contribution >= 0.6 is 0 Å². The first-order valence-electron chi connectivity index (χ1n) is 5.41. The van der Waals surface area contributed by atoms with Crippen molar-refractivity contribution in [2.75, 3.05) is 0 Å². The Bertz CT molecular complexity index is 283. The van der Waals surface area contributed by atoms with E-state index in [1.165, 1.54) is 25.7 Å². The molecule has 0 amide bonds. The Morgan fingerprint density at radius 3 is 2.54 bits per heavy atom. The average Bonchev–Trinajstić information content (AvgIpc) is 2.79. The van der Waals surface area contributed by atoms with Gasteiger partial charge in [-0.05, 0) is 42.9 Å². The van der Waals surface area contributed by atoms with Crippen molar-refractivity contribution in [2.45, 2.75) is 25.7 Å². The molecule has 0 heteroatoms. The number of hydrogen-bond donors (Lipinski definition) is 0. The summed E-state index contributed by atoms with van der Waals surface area (Å²) in [5.74, 6) is 1.65. The average molecular weight is 172 g/mol. The molecule has 1 fully saturated rings. The van der Waals surface area contributed by atoms with Crippen LogP contribution in [0.4, 0.5) is 0 Å². The molecule has 2 bridgehead atoms. The van der Waals surface area contributed by atoms with E-state index in [2.05, 4.69) is 36.5 Å². The smallest absolute Gasteiger partial charge is 0.00390 e. The van der Waals surface area contributed by atoms with E-state index in [0.717, 1.165) is 11.8 Å². The SMILES string of the molecule is C1=CC(CC23C=CC(CC2)C3)C=C1. The van der Waals surface area contributed by atoms with Crippen LogP contribution < -0.4 is 0 Å². The second-order valence-electron chi connectivity index (χ2n) is 4.86. The maximum atomic E-state index is 2.50. The number of fused-ring (bicyclic) bond motifs is 2. The van der Waals surface area contributed by atoms with E-state index >= 15 is 0 Å². The minimum Gasteiger partial charge on any atom is -0.0848 e. The highest BCUT2D eigenvalue weighted by atomic mass is 14.5. The molecule has 0 nitrogen and oxygen atoms in total. The largest absolute Gasteiger partial charge is 0.0848 e. The van der Waals surface area contributed by atoms with Crippen molar-refractivity contribution < 1.29 is 0 Å². The van der Waals surface area contributed by atoms with Crippen molar-refractivity contribution in [1.29, 1.82) is 0 Å². The molecule has 3 aliphatic rings. The maximum absolute atomic E-state index is 2.50. The fourth-order valence-corrected chi connectivity index (χ4v) is 3.19. The summed E-state index contributed by atoms with van der Waals surface area (Å²) in [5, 5.41) is 0. The van der Waals surface area contributed by atoms with E-state index in [1.54, 1.807) is 0 Å². The highest BCUT2D eigenvalue weighted by Crippen LogP contribution is 2.52. The predicted molar refractivity (Wildman–Crippen MR) is 55.3 cm³/mol. The molecule has 0 N–H and O–H groups in total. The van der Waals surface area contributed by atoms with Crippen LogP contribution in [0.3, 0.4) is 0 Å². The van der Waals surface area contributed by atoms with Gasteiger partial charge >= 0.3 is 0 Å². The van der Waals surface area contributed by atoms with Crippen LogP contribution in [0, 0.1) is 17.3 Å². The van der Waals surface area contributed by atoms with Gasteiger partial charge in [-0.25, -0.2) is 0 Å². The van der Waals surface area contributed by atoms with Crippen LogP contribution in [0.5, 0.6) is 0 Å². The molecular formula is C13H16. The fourth-order valence-electron chi connectivity index (χ4n) is 3.19. The van der Waals surface area contributed by atoms with Gasteiger partial charge in [0.25, 0.3) is 0 Å². The Hall–Kier alpha value is -0.780. The predicted octanol–water partition coefficient (Wildman–Crippen LogP) is 3.48. The van der Waals surface area contributed by atoms with E-state index in [9.17, 15) is 0 Å². The third kappa shape index (κ3) is 1.20. The van der Waals surface area contributed by atoms with E-state index in [4.69, 9.17) is 0 Å². The molecule has 0 radical (unpaired) electrons. The van der Waals surface area contributed by atoms with Gasteiger partial charge in [0, 0.05) is 0 Å². The van der Waals surface area contributed by atoms with E-state index < -0.39 is 0 Å². The molecule has 3 rings (SSSR count). The summed E-state index contributed by atoms with van der Waals surface area (Å²) in [7, 11) is 0. The van der Waals surface area contributed by atoms with Gasteiger partial charge in [0.15, 0.2) is 0 Å². The highest BCUT2D eigenvalue weighted by molar-refractivity contribution is 5.22. The molecule has 3 aliphatic carbocycles. The van der Waals surface area contributed by atoms with Crippen LogP contribution in [-0.4, -0.2) is 0 Å². The second-order valence-corrected chi connectivity index (χ2v) is 4.86. The normalized spacial score (nSPS) is 41.1. The third-order valence-corrected chi connectivity index (χ3v) is 3.87. The van der Waals surface area contributed by atoms with E-state index in [-0.39, 0.29) is 0 Å².